The van der Waals surface area contributed by atoms with Crippen LogP contribution < -0.4 is 0 Å². The molecule has 0 amide bonds. The van der Waals surface area contributed by atoms with Gasteiger partial charge in [-0.1, -0.05) is 0 Å². The number of aliphatic hydroxyl groups excluding tert-OH is 4. The van der Waals surface area contributed by atoms with Gasteiger partial charge in [0.25, 0.3) is 0 Å². The largest absolute Gasteiger partial charge is 0.455 e. The van der Waals surface area contributed by atoms with Crippen LogP contribution >= 0.6 is 0 Å². The summed E-state index contributed by atoms with van der Waals surface area (Å²) >= 11 is 0. The molecule has 6 nitrogen and oxygen atoms in total. The molecular formula is C6H10O6. The average molecular weight is 178 g/mol. The Bertz CT molecular complexity index is 181. The molecule has 0 aromatic rings. The second-order valence-electron chi connectivity index (χ2n) is 2.59. The molecule has 1 heterocycles. The summed E-state index contributed by atoms with van der Waals surface area (Å²) in [4.78, 5) is 10.6. The first-order valence-corrected chi connectivity index (χ1v) is 3.43. The standard InChI is InChI=1S/C6H10O6/c7-1-2(8)5-3(9)4(10)6(11)12-5/h2-5,7-10H,1H2/t2-,3-,4-,5+/m1/s1. The molecule has 0 spiro atoms. The normalized spacial score (nSPS) is 38.0. The Morgan fingerprint density at radius 1 is 1.50 bits per heavy atom. The van der Waals surface area contributed by atoms with Crippen LogP contribution in [0.25, 0.3) is 0 Å². The van der Waals surface area contributed by atoms with Gasteiger partial charge in [0.1, 0.15) is 12.2 Å². The predicted octanol–water partition coefficient (Wildman–Crippen LogP) is -3.01. The highest BCUT2D eigenvalue weighted by Crippen LogP contribution is 2.18. The van der Waals surface area contributed by atoms with Gasteiger partial charge < -0.3 is 25.2 Å². The molecule has 4 atom stereocenters. The maximum atomic E-state index is 10.6. The van der Waals surface area contributed by atoms with Crippen LogP contribution in [-0.2, 0) is 9.53 Å². The average Bonchev–Trinajstić information content (AvgIpc) is 2.32. The van der Waals surface area contributed by atoms with Crippen LogP contribution in [0.4, 0.5) is 0 Å². The molecular weight excluding hydrogens is 168 g/mol. The van der Waals surface area contributed by atoms with Gasteiger partial charge in [0.05, 0.1) is 6.61 Å². The van der Waals surface area contributed by atoms with Crippen molar-refractivity contribution < 1.29 is 30.0 Å². The third kappa shape index (κ3) is 1.42. The number of carbonyl (C=O) groups excluding carboxylic acids is 1. The fraction of sp³-hybridized carbons (Fsp3) is 0.833. The topological polar surface area (TPSA) is 107 Å². The highest BCUT2D eigenvalue weighted by Gasteiger charge is 2.45. The van der Waals surface area contributed by atoms with Gasteiger partial charge in [-0.3, -0.25) is 0 Å². The van der Waals surface area contributed by atoms with Crippen LogP contribution in [0.3, 0.4) is 0 Å². The number of ether oxygens (including phenoxy) is 1. The molecule has 0 aliphatic carbocycles. The lowest BCUT2D eigenvalue weighted by atomic mass is 10.1. The van der Waals surface area contributed by atoms with Crippen molar-refractivity contribution >= 4 is 5.97 Å². The molecule has 1 fully saturated rings. The van der Waals surface area contributed by atoms with Gasteiger partial charge in [-0.05, 0) is 0 Å². The lowest BCUT2D eigenvalue weighted by molar-refractivity contribution is -0.151. The molecule has 0 bridgehead atoms. The van der Waals surface area contributed by atoms with Crippen molar-refractivity contribution in [1.82, 2.24) is 0 Å². The summed E-state index contributed by atoms with van der Waals surface area (Å²) in [5.74, 6) is -0.986. The molecule has 1 rings (SSSR count). The fourth-order valence-electron chi connectivity index (χ4n) is 1.00. The summed E-state index contributed by atoms with van der Waals surface area (Å²) in [6.07, 6.45) is -5.70. The minimum atomic E-state index is -1.63. The molecule has 1 aliphatic rings. The highest BCUT2D eigenvalue weighted by atomic mass is 16.6. The molecule has 4 N–H and O–H groups in total. The van der Waals surface area contributed by atoms with Crippen molar-refractivity contribution in [2.24, 2.45) is 0 Å². The van der Waals surface area contributed by atoms with Gasteiger partial charge in [0.15, 0.2) is 12.2 Å². The van der Waals surface area contributed by atoms with E-state index in [-0.39, 0.29) is 0 Å². The van der Waals surface area contributed by atoms with Crippen LogP contribution in [-0.4, -0.2) is 57.4 Å². The van der Waals surface area contributed by atoms with E-state index in [1.807, 2.05) is 0 Å². The fourth-order valence-corrected chi connectivity index (χ4v) is 1.00. The van der Waals surface area contributed by atoms with E-state index in [4.69, 9.17) is 20.4 Å². The van der Waals surface area contributed by atoms with E-state index >= 15 is 0 Å². The predicted molar refractivity (Wildman–Crippen MR) is 35.0 cm³/mol. The molecule has 0 radical (unpaired) electrons. The lowest BCUT2D eigenvalue weighted by Crippen LogP contribution is -2.40. The van der Waals surface area contributed by atoms with E-state index in [1.165, 1.54) is 0 Å². The van der Waals surface area contributed by atoms with E-state index in [0.29, 0.717) is 0 Å². The maximum absolute atomic E-state index is 10.6. The molecule has 6 heteroatoms. The van der Waals surface area contributed by atoms with Crippen LogP contribution in [0.2, 0.25) is 0 Å². The monoisotopic (exact) mass is 178 g/mol. The number of aliphatic hydroxyl groups is 4. The van der Waals surface area contributed by atoms with E-state index in [9.17, 15) is 4.79 Å². The summed E-state index contributed by atoms with van der Waals surface area (Å²) in [6, 6.07) is 0. The first-order chi connectivity index (χ1) is 5.57. The van der Waals surface area contributed by atoms with Crippen molar-refractivity contribution in [3.05, 3.63) is 0 Å². The summed E-state index contributed by atoms with van der Waals surface area (Å²) in [5, 5.41) is 35.3. The second kappa shape index (κ2) is 3.36. The van der Waals surface area contributed by atoms with Crippen molar-refractivity contribution in [1.29, 1.82) is 0 Å². The van der Waals surface area contributed by atoms with E-state index < -0.39 is 37.0 Å². The van der Waals surface area contributed by atoms with Gasteiger partial charge >= 0.3 is 5.97 Å². The number of hydrogen-bond donors (Lipinski definition) is 4. The summed E-state index contributed by atoms with van der Waals surface area (Å²) < 4.78 is 4.39. The molecule has 0 aromatic carbocycles. The summed E-state index contributed by atoms with van der Waals surface area (Å²) in [7, 11) is 0. The SMILES string of the molecule is O=C1O[C@@H]([C@H](O)CO)[C@H](O)[C@H]1O. The van der Waals surface area contributed by atoms with Crippen LogP contribution in [0, 0.1) is 0 Å². The van der Waals surface area contributed by atoms with Crippen LogP contribution in [0.15, 0.2) is 0 Å². The van der Waals surface area contributed by atoms with Crippen LogP contribution in [0.1, 0.15) is 0 Å². The molecule has 12 heavy (non-hydrogen) atoms. The number of cyclic esters (lactones) is 1. The Hall–Kier alpha value is -0.690. The van der Waals surface area contributed by atoms with E-state index in [0.717, 1.165) is 0 Å². The summed E-state index contributed by atoms with van der Waals surface area (Å²) in [6.45, 7) is -0.637. The molecule has 1 saturated heterocycles. The Morgan fingerprint density at radius 2 is 2.08 bits per heavy atom. The van der Waals surface area contributed by atoms with E-state index in [1.54, 1.807) is 0 Å². The quantitative estimate of drug-likeness (QED) is 0.335. The molecule has 0 unspecified atom stereocenters. The Morgan fingerprint density at radius 3 is 2.42 bits per heavy atom. The second-order valence-corrected chi connectivity index (χ2v) is 2.59. The van der Waals surface area contributed by atoms with Gasteiger partial charge in [-0.2, -0.15) is 0 Å². The number of esters is 1. The van der Waals surface area contributed by atoms with Crippen molar-refractivity contribution in [2.75, 3.05) is 6.61 Å². The minimum absolute atomic E-state index is 0.637. The molecule has 70 valence electrons. The molecule has 1 aliphatic heterocycles. The van der Waals surface area contributed by atoms with Gasteiger partial charge in [-0.25, -0.2) is 4.79 Å². The maximum Gasteiger partial charge on any atom is 0.338 e. The number of carbonyl (C=O) groups is 1. The first kappa shape index (κ1) is 9.40. The first-order valence-electron chi connectivity index (χ1n) is 3.43. The smallest absolute Gasteiger partial charge is 0.338 e. The third-order valence-electron chi connectivity index (χ3n) is 1.72. The molecule has 0 aromatic heterocycles. The Kier molecular flexibility index (Phi) is 2.63. The van der Waals surface area contributed by atoms with Gasteiger partial charge in [0, 0.05) is 0 Å². The zero-order valence-electron chi connectivity index (χ0n) is 6.12. The number of rotatable bonds is 2. The lowest BCUT2D eigenvalue weighted by Gasteiger charge is -2.17. The van der Waals surface area contributed by atoms with Crippen molar-refractivity contribution in [2.45, 2.75) is 24.4 Å². The van der Waals surface area contributed by atoms with E-state index in [2.05, 4.69) is 4.74 Å². The number of hydrogen-bond acceptors (Lipinski definition) is 6. The summed E-state index contributed by atoms with van der Waals surface area (Å²) in [5.41, 5.74) is 0. The van der Waals surface area contributed by atoms with Gasteiger partial charge in [0.2, 0.25) is 0 Å². The minimum Gasteiger partial charge on any atom is -0.455 e. The molecule has 0 saturated carbocycles. The zero-order chi connectivity index (χ0) is 9.30. The Labute approximate surface area is 68.0 Å². The van der Waals surface area contributed by atoms with Crippen molar-refractivity contribution in [3.8, 4) is 0 Å². The van der Waals surface area contributed by atoms with Gasteiger partial charge in [-0.15, -0.1) is 0 Å². The Balaban J connectivity index is 2.64. The highest BCUT2D eigenvalue weighted by molar-refractivity contribution is 5.77. The van der Waals surface area contributed by atoms with Crippen molar-refractivity contribution in [3.63, 3.8) is 0 Å². The zero-order valence-corrected chi connectivity index (χ0v) is 6.12. The third-order valence-corrected chi connectivity index (χ3v) is 1.72. The van der Waals surface area contributed by atoms with Crippen LogP contribution in [0.5, 0.6) is 0 Å².